The minimum Gasteiger partial charge on any atom is -0.298 e. The average molecular weight is 264 g/mol. The third-order valence-electron chi connectivity index (χ3n) is 3.82. The maximum atomic E-state index is 4.27. The molecule has 0 saturated heterocycles. The van der Waals surface area contributed by atoms with Crippen LogP contribution in [0, 0.1) is 0 Å². The summed E-state index contributed by atoms with van der Waals surface area (Å²) in [6, 6.07) is 17.4. The molecule has 1 heterocycles. The van der Waals surface area contributed by atoms with E-state index in [1.54, 1.807) is 0 Å². The van der Waals surface area contributed by atoms with Crippen molar-refractivity contribution >= 4 is 6.21 Å². The van der Waals surface area contributed by atoms with Crippen LogP contribution in [-0.4, -0.2) is 6.21 Å². The molecule has 0 aliphatic carbocycles. The number of hydrogen-bond acceptors (Lipinski definition) is 2. The molecule has 2 nitrogen and oxygen atoms in total. The summed E-state index contributed by atoms with van der Waals surface area (Å²) in [6.45, 7) is 6.71. The number of rotatable bonds is 1. The maximum Gasteiger partial charge on any atom is 0.0946 e. The summed E-state index contributed by atoms with van der Waals surface area (Å²) >= 11 is 0. The minimum absolute atomic E-state index is 0.144. The molecule has 1 aliphatic heterocycles. The summed E-state index contributed by atoms with van der Waals surface area (Å²) in [4.78, 5) is 0. The fourth-order valence-corrected chi connectivity index (χ4v) is 2.57. The first-order valence-electron chi connectivity index (χ1n) is 7.04. The predicted octanol–water partition coefficient (Wildman–Crippen LogP) is 4.01. The van der Waals surface area contributed by atoms with E-state index in [0.29, 0.717) is 0 Å². The zero-order valence-corrected chi connectivity index (χ0v) is 12.2. The molecule has 3 rings (SSSR count). The highest BCUT2D eigenvalue weighted by atomic mass is 15.3. The van der Waals surface area contributed by atoms with Crippen molar-refractivity contribution in [1.29, 1.82) is 0 Å². The van der Waals surface area contributed by atoms with Crippen LogP contribution in [0.1, 0.15) is 49.1 Å². The van der Waals surface area contributed by atoms with Gasteiger partial charge in [0, 0.05) is 5.56 Å². The number of hydrogen-bond donors (Lipinski definition) is 1. The molecule has 102 valence electrons. The lowest BCUT2D eigenvalue weighted by Crippen LogP contribution is -2.22. The van der Waals surface area contributed by atoms with Crippen molar-refractivity contribution in [3.8, 4) is 0 Å². The first-order chi connectivity index (χ1) is 9.55. The van der Waals surface area contributed by atoms with E-state index in [-0.39, 0.29) is 11.5 Å². The first-order valence-corrected chi connectivity index (χ1v) is 7.04. The van der Waals surface area contributed by atoms with Gasteiger partial charge in [-0.2, -0.15) is 5.10 Å². The molecule has 2 heteroatoms. The number of nitrogens with zero attached hydrogens (tertiary/aromatic N) is 1. The number of fused-ring (bicyclic) bond motifs is 1. The van der Waals surface area contributed by atoms with Crippen LogP contribution >= 0.6 is 0 Å². The molecular weight excluding hydrogens is 244 g/mol. The van der Waals surface area contributed by atoms with Crippen LogP contribution in [0.15, 0.2) is 53.6 Å². The summed E-state index contributed by atoms with van der Waals surface area (Å²) in [5.41, 5.74) is 8.49. The van der Waals surface area contributed by atoms with Crippen LogP contribution < -0.4 is 5.43 Å². The number of hydrazone groups is 1. The minimum atomic E-state index is 0.144. The van der Waals surface area contributed by atoms with Crippen molar-refractivity contribution in [2.24, 2.45) is 5.10 Å². The normalized spacial score (nSPS) is 17.4. The maximum absolute atomic E-state index is 4.27. The molecular formula is C18H20N2. The van der Waals surface area contributed by atoms with Gasteiger partial charge in [-0.25, -0.2) is 0 Å². The number of benzene rings is 2. The summed E-state index contributed by atoms with van der Waals surface area (Å²) in [6.07, 6.45) is 1.88. The van der Waals surface area contributed by atoms with Gasteiger partial charge in [0.25, 0.3) is 0 Å². The smallest absolute Gasteiger partial charge is 0.0946 e. The van der Waals surface area contributed by atoms with Gasteiger partial charge in [0.05, 0.1) is 12.3 Å². The van der Waals surface area contributed by atoms with E-state index in [1.807, 2.05) is 6.21 Å². The van der Waals surface area contributed by atoms with E-state index < -0.39 is 0 Å². The van der Waals surface area contributed by atoms with Gasteiger partial charge in [-0.3, -0.25) is 5.43 Å². The third-order valence-corrected chi connectivity index (χ3v) is 3.82. The van der Waals surface area contributed by atoms with E-state index in [4.69, 9.17) is 0 Å². The molecule has 1 N–H and O–H groups in total. The molecule has 0 fully saturated rings. The van der Waals surface area contributed by atoms with Gasteiger partial charge in [-0.15, -0.1) is 0 Å². The van der Waals surface area contributed by atoms with Gasteiger partial charge < -0.3 is 0 Å². The van der Waals surface area contributed by atoms with Crippen molar-refractivity contribution in [3.63, 3.8) is 0 Å². The van der Waals surface area contributed by atoms with Gasteiger partial charge in [0.2, 0.25) is 0 Å². The third kappa shape index (κ3) is 2.34. The summed E-state index contributed by atoms with van der Waals surface area (Å²) in [7, 11) is 0. The van der Waals surface area contributed by atoms with Gasteiger partial charge in [-0.1, -0.05) is 69.3 Å². The van der Waals surface area contributed by atoms with Crippen LogP contribution in [0.3, 0.4) is 0 Å². The number of nitrogens with one attached hydrogen (secondary N) is 1. The fraction of sp³-hybridized carbons (Fsp3) is 0.278. The summed E-state index contributed by atoms with van der Waals surface area (Å²) < 4.78 is 0. The molecule has 0 amide bonds. The molecule has 0 radical (unpaired) electrons. The standard InChI is InChI=1S/C18H20N2/c1-18(2,3)15-10-8-13(9-11-15)17-16-7-5-4-6-14(16)12-19-20-17/h4-12,17,20H,1-3H3. The van der Waals surface area contributed by atoms with E-state index in [0.717, 1.165) is 0 Å². The highest BCUT2D eigenvalue weighted by Gasteiger charge is 2.20. The van der Waals surface area contributed by atoms with Crippen LogP contribution in [0.2, 0.25) is 0 Å². The molecule has 0 saturated carbocycles. The average Bonchev–Trinajstić information content (AvgIpc) is 2.46. The van der Waals surface area contributed by atoms with E-state index in [1.165, 1.54) is 22.3 Å². The Morgan fingerprint density at radius 2 is 1.65 bits per heavy atom. The van der Waals surface area contributed by atoms with Gasteiger partial charge >= 0.3 is 0 Å². The molecule has 0 spiro atoms. The molecule has 1 unspecified atom stereocenters. The summed E-state index contributed by atoms with van der Waals surface area (Å²) in [5.74, 6) is 0. The molecule has 0 bridgehead atoms. The Hall–Kier alpha value is -2.09. The van der Waals surface area contributed by atoms with Gasteiger partial charge in [-0.05, 0) is 22.1 Å². The predicted molar refractivity (Wildman–Crippen MR) is 84.2 cm³/mol. The van der Waals surface area contributed by atoms with E-state index >= 15 is 0 Å². The van der Waals surface area contributed by atoms with Crippen molar-refractivity contribution in [2.75, 3.05) is 0 Å². The zero-order chi connectivity index (χ0) is 14.2. The van der Waals surface area contributed by atoms with Crippen LogP contribution in [0.25, 0.3) is 0 Å². The Morgan fingerprint density at radius 1 is 0.950 bits per heavy atom. The largest absolute Gasteiger partial charge is 0.298 e. The highest BCUT2D eigenvalue weighted by molar-refractivity contribution is 5.83. The second-order valence-electron chi connectivity index (χ2n) is 6.32. The topological polar surface area (TPSA) is 24.4 Å². The van der Waals surface area contributed by atoms with E-state index in [9.17, 15) is 0 Å². The lowest BCUT2D eigenvalue weighted by Gasteiger charge is -2.24. The monoisotopic (exact) mass is 264 g/mol. The zero-order valence-electron chi connectivity index (χ0n) is 12.2. The highest BCUT2D eigenvalue weighted by Crippen LogP contribution is 2.29. The lowest BCUT2D eigenvalue weighted by atomic mass is 9.85. The van der Waals surface area contributed by atoms with Gasteiger partial charge in [0.15, 0.2) is 0 Å². The Labute approximate surface area is 120 Å². The van der Waals surface area contributed by atoms with Crippen molar-refractivity contribution in [1.82, 2.24) is 5.43 Å². The van der Waals surface area contributed by atoms with Gasteiger partial charge in [0.1, 0.15) is 0 Å². The molecule has 0 aromatic heterocycles. The molecule has 1 aliphatic rings. The Kier molecular flexibility index (Phi) is 3.09. The lowest BCUT2D eigenvalue weighted by molar-refractivity contribution is 0.587. The van der Waals surface area contributed by atoms with Crippen molar-refractivity contribution in [2.45, 2.75) is 32.2 Å². The van der Waals surface area contributed by atoms with Crippen molar-refractivity contribution < 1.29 is 0 Å². The fourth-order valence-electron chi connectivity index (χ4n) is 2.57. The van der Waals surface area contributed by atoms with Crippen molar-refractivity contribution in [3.05, 3.63) is 70.8 Å². The molecule has 1 atom stereocenters. The van der Waals surface area contributed by atoms with E-state index in [2.05, 4.69) is 79.8 Å². The Morgan fingerprint density at radius 3 is 2.35 bits per heavy atom. The molecule has 2 aromatic rings. The second-order valence-corrected chi connectivity index (χ2v) is 6.32. The SMILES string of the molecule is CC(C)(C)c1ccc(C2NN=Cc3ccccc32)cc1. The van der Waals surface area contributed by atoms with Crippen LogP contribution in [-0.2, 0) is 5.41 Å². The summed E-state index contributed by atoms with van der Waals surface area (Å²) in [5, 5.41) is 4.27. The Balaban J connectivity index is 1.96. The molecule has 20 heavy (non-hydrogen) atoms. The quantitative estimate of drug-likeness (QED) is 0.827. The first kappa shape index (κ1) is 12.9. The second kappa shape index (κ2) is 4.78. The van der Waals surface area contributed by atoms with Crippen LogP contribution in [0.4, 0.5) is 0 Å². The Bertz CT molecular complexity index is 633. The molecule has 2 aromatic carbocycles. The van der Waals surface area contributed by atoms with Crippen LogP contribution in [0.5, 0.6) is 0 Å².